The Balaban J connectivity index is 0.000000956. The van der Waals surface area contributed by atoms with Crippen molar-refractivity contribution in [1.29, 1.82) is 0 Å². The van der Waals surface area contributed by atoms with Gasteiger partial charge in [0.25, 0.3) is 0 Å². The number of nitrogens with two attached hydrogens (primary N) is 1. The molecule has 0 radical (unpaired) electrons. The molecule has 2 rings (SSSR count). The third kappa shape index (κ3) is 4.07. The molecule has 5 heteroatoms. The molecular formula is C15H27N3O2. The van der Waals surface area contributed by atoms with E-state index >= 15 is 0 Å². The highest BCUT2D eigenvalue weighted by Crippen LogP contribution is 2.25. The first kappa shape index (κ1) is 16.7. The van der Waals surface area contributed by atoms with E-state index in [1.807, 2.05) is 19.9 Å². The molecule has 114 valence electrons. The molecule has 1 fully saturated rings. The van der Waals surface area contributed by atoms with Gasteiger partial charge in [-0.3, -0.25) is 14.7 Å². The Labute approximate surface area is 121 Å². The van der Waals surface area contributed by atoms with Crippen molar-refractivity contribution < 1.29 is 9.53 Å². The zero-order valence-electron chi connectivity index (χ0n) is 13.0. The van der Waals surface area contributed by atoms with Crippen molar-refractivity contribution in [2.24, 2.45) is 22.6 Å². The van der Waals surface area contributed by atoms with E-state index in [-0.39, 0.29) is 18.1 Å². The van der Waals surface area contributed by atoms with Gasteiger partial charge in [-0.25, -0.2) is 0 Å². The maximum absolute atomic E-state index is 11.5. The van der Waals surface area contributed by atoms with Crippen LogP contribution in [-0.4, -0.2) is 43.4 Å². The lowest BCUT2D eigenvalue weighted by Crippen LogP contribution is -2.45. The highest BCUT2D eigenvalue weighted by Gasteiger charge is 2.31. The van der Waals surface area contributed by atoms with Crippen LogP contribution < -0.4 is 5.73 Å². The van der Waals surface area contributed by atoms with Gasteiger partial charge in [0.15, 0.2) is 0 Å². The number of hydrogen-bond acceptors (Lipinski definition) is 5. The minimum Gasteiger partial charge on any atom is -0.469 e. The van der Waals surface area contributed by atoms with E-state index in [1.54, 1.807) is 6.21 Å². The molecule has 0 bridgehead atoms. The van der Waals surface area contributed by atoms with Gasteiger partial charge in [-0.15, -0.1) is 0 Å². The number of piperidine rings is 1. The van der Waals surface area contributed by atoms with Crippen LogP contribution in [0.25, 0.3) is 0 Å². The molecule has 0 aromatic carbocycles. The van der Waals surface area contributed by atoms with Gasteiger partial charge in [0.1, 0.15) is 6.17 Å². The number of esters is 1. The second kappa shape index (κ2) is 8.04. The van der Waals surface area contributed by atoms with Crippen LogP contribution in [0.5, 0.6) is 0 Å². The maximum atomic E-state index is 11.5. The number of allylic oxidation sites excluding steroid dienone is 1. The number of carbonyl (C=O) groups excluding carboxylic acids is 1. The predicted molar refractivity (Wildman–Crippen MR) is 81.4 cm³/mol. The Morgan fingerprint density at radius 1 is 1.40 bits per heavy atom. The van der Waals surface area contributed by atoms with Crippen molar-refractivity contribution in [2.75, 3.05) is 20.2 Å². The molecule has 5 nitrogen and oxygen atoms in total. The van der Waals surface area contributed by atoms with E-state index < -0.39 is 0 Å². The molecule has 2 N–H and O–H groups in total. The molecular weight excluding hydrogens is 254 g/mol. The van der Waals surface area contributed by atoms with Crippen LogP contribution in [0.15, 0.2) is 16.8 Å². The van der Waals surface area contributed by atoms with Crippen LogP contribution in [0, 0.1) is 11.8 Å². The lowest BCUT2D eigenvalue weighted by Gasteiger charge is -2.37. The number of hydrogen-bond donors (Lipinski definition) is 1. The lowest BCUT2D eigenvalue weighted by molar-refractivity contribution is -0.147. The zero-order chi connectivity index (χ0) is 15.1. The van der Waals surface area contributed by atoms with Crippen molar-refractivity contribution >= 4 is 12.2 Å². The zero-order valence-corrected chi connectivity index (χ0v) is 13.0. The van der Waals surface area contributed by atoms with Gasteiger partial charge >= 0.3 is 5.97 Å². The molecule has 0 aliphatic carbocycles. The fraction of sp³-hybridized carbons (Fsp3) is 0.733. The fourth-order valence-electron chi connectivity index (χ4n) is 2.72. The van der Waals surface area contributed by atoms with Crippen LogP contribution in [0.1, 0.15) is 33.6 Å². The second-order valence-corrected chi connectivity index (χ2v) is 5.05. The largest absolute Gasteiger partial charge is 0.469 e. The average molecular weight is 281 g/mol. The standard InChI is InChI=1S/C13H21N3O2.C2H6/c1-9-7-11(14)8-15-12(9)16-5-3-10(4-6-16)13(17)18-2;1-2/h7-10,12H,3-6,14H2,1-2H3;1-2H3. The highest BCUT2D eigenvalue weighted by molar-refractivity contribution is 5.78. The summed E-state index contributed by atoms with van der Waals surface area (Å²) in [5, 5.41) is 0. The predicted octanol–water partition coefficient (Wildman–Crippen LogP) is 1.79. The van der Waals surface area contributed by atoms with Crippen molar-refractivity contribution in [3.63, 3.8) is 0 Å². The smallest absolute Gasteiger partial charge is 0.308 e. The molecule has 2 heterocycles. The van der Waals surface area contributed by atoms with Crippen LogP contribution in [0.3, 0.4) is 0 Å². The number of carbonyl (C=O) groups is 1. The second-order valence-electron chi connectivity index (χ2n) is 5.05. The summed E-state index contributed by atoms with van der Waals surface area (Å²) >= 11 is 0. The maximum Gasteiger partial charge on any atom is 0.308 e. The number of likely N-dealkylation sites (tertiary alicyclic amines) is 1. The summed E-state index contributed by atoms with van der Waals surface area (Å²) in [4.78, 5) is 18.3. The topological polar surface area (TPSA) is 67.9 Å². The van der Waals surface area contributed by atoms with E-state index in [9.17, 15) is 4.79 Å². The van der Waals surface area contributed by atoms with Crippen LogP contribution in [0.4, 0.5) is 0 Å². The van der Waals surface area contributed by atoms with Crippen LogP contribution in [0.2, 0.25) is 0 Å². The van der Waals surface area contributed by atoms with Gasteiger partial charge in [0, 0.05) is 30.9 Å². The SMILES string of the molecule is CC.COC(=O)C1CCN(C2N=CC(N)=CC2C)CC1. The summed E-state index contributed by atoms with van der Waals surface area (Å²) in [5.74, 6) is 0.290. The number of rotatable bonds is 2. The molecule has 20 heavy (non-hydrogen) atoms. The van der Waals surface area contributed by atoms with Crippen molar-refractivity contribution in [2.45, 2.75) is 39.8 Å². The molecule has 0 spiro atoms. The third-order valence-corrected chi connectivity index (χ3v) is 3.74. The lowest BCUT2D eigenvalue weighted by atomic mass is 9.94. The summed E-state index contributed by atoms with van der Waals surface area (Å²) in [6.07, 6.45) is 5.65. The van der Waals surface area contributed by atoms with Gasteiger partial charge in [-0.05, 0) is 12.8 Å². The average Bonchev–Trinajstić information content (AvgIpc) is 2.49. The van der Waals surface area contributed by atoms with Crippen LogP contribution >= 0.6 is 0 Å². The molecule has 0 aromatic heterocycles. The number of nitrogens with zero attached hydrogens (tertiary/aromatic N) is 2. The Bertz CT molecular complexity index is 371. The fourth-order valence-corrected chi connectivity index (χ4v) is 2.72. The molecule has 0 amide bonds. The van der Waals surface area contributed by atoms with Gasteiger partial charge in [-0.1, -0.05) is 26.8 Å². The van der Waals surface area contributed by atoms with Crippen molar-refractivity contribution in [3.8, 4) is 0 Å². The molecule has 0 saturated carbocycles. The molecule has 2 atom stereocenters. The number of ether oxygens (including phenoxy) is 1. The minimum absolute atomic E-state index is 0.0507. The number of aliphatic imine (C=N–C) groups is 1. The Morgan fingerprint density at radius 2 is 2.00 bits per heavy atom. The summed E-state index contributed by atoms with van der Waals surface area (Å²) in [6, 6.07) is 0. The van der Waals surface area contributed by atoms with Gasteiger partial charge < -0.3 is 10.5 Å². The van der Waals surface area contributed by atoms with Crippen molar-refractivity contribution in [1.82, 2.24) is 4.90 Å². The molecule has 2 unspecified atom stereocenters. The molecule has 2 aliphatic rings. The molecule has 1 saturated heterocycles. The van der Waals surface area contributed by atoms with E-state index in [4.69, 9.17) is 10.5 Å². The molecule has 0 aromatic rings. The molecule has 2 aliphatic heterocycles. The van der Waals surface area contributed by atoms with Gasteiger partial charge in [0.2, 0.25) is 0 Å². The van der Waals surface area contributed by atoms with E-state index in [2.05, 4.69) is 16.8 Å². The summed E-state index contributed by atoms with van der Waals surface area (Å²) < 4.78 is 4.79. The summed E-state index contributed by atoms with van der Waals surface area (Å²) in [7, 11) is 1.45. The van der Waals surface area contributed by atoms with E-state index in [1.165, 1.54) is 7.11 Å². The quantitative estimate of drug-likeness (QED) is 0.784. The van der Waals surface area contributed by atoms with Crippen LogP contribution in [-0.2, 0) is 9.53 Å². The third-order valence-electron chi connectivity index (χ3n) is 3.74. The van der Waals surface area contributed by atoms with E-state index in [0.717, 1.165) is 31.6 Å². The number of dihydropyridines is 1. The summed E-state index contributed by atoms with van der Waals surface area (Å²) in [6.45, 7) is 7.90. The summed E-state index contributed by atoms with van der Waals surface area (Å²) in [5.41, 5.74) is 6.47. The highest BCUT2D eigenvalue weighted by atomic mass is 16.5. The first-order chi connectivity index (χ1) is 9.61. The van der Waals surface area contributed by atoms with Gasteiger partial charge in [-0.2, -0.15) is 0 Å². The number of methoxy groups -OCH3 is 1. The monoisotopic (exact) mass is 281 g/mol. The Hall–Kier alpha value is -1.36. The van der Waals surface area contributed by atoms with Gasteiger partial charge in [0.05, 0.1) is 13.0 Å². The Morgan fingerprint density at radius 3 is 2.50 bits per heavy atom. The Kier molecular flexibility index (Phi) is 6.71. The minimum atomic E-state index is -0.0843. The normalized spacial score (nSPS) is 27.3. The van der Waals surface area contributed by atoms with E-state index in [0.29, 0.717) is 5.92 Å². The first-order valence-corrected chi connectivity index (χ1v) is 7.44. The van der Waals surface area contributed by atoms with Crippen molar-refractivity contribution in [3.05, 3.63) is 11.8 Å². The first-order valence-electron chi connectivity index (χ1n) is 7.44.